The summed E-state index contributed by atoms with van der Waals surface area (Å²) in [5.74, 6) is -0.726. The zero-order chi connectivity index (χ0) is 19.4. The van der Waals surface area contributed by atoms with Crippen LogP contribution in [0.2, 0.25) is 0 Å². The van der Waals surface area contributed by atoms with Crippen molar-refractivity contribution in [2.45, 2.75) is 18.6 Å². The SMILES string of the molecule is CON(C1CCOC1c1cccc(Br)c1)S(=O)(=O)NC(=O)c1ccccc1. The fourth-order valence-corrected chi connectivity index (χ4v) is 4.65. The molecule has 0 spiro atoms. The van der Waals surface area contributed by atoms with E-state index in [-0.39, 0.29) is 5.56 Å². The Kier molecular flexibility index (Phi) is 6.28. The second kappa shape index (κ2) is 8.49. The van der Waals surface area contributed by atoms with Crippen LogP contribution in [0.15, 0.2) is 59.1 Å². The van der Waals surface area contributed by atoms with Gasteiger partial charge < -0.3 is 4.74 Å². The molecule has 9 heteroatoms. The first kappa shape index (κ1) is 20.0. The van der Waals surface area contributed by atoms with Crippen LogP contribution in [0.5, 0.6) is 0 Å². The molecule has 1 saturated heterocycles. The quantitative estimate of drug-likeness (QED) is 0.678. The number of hydrogen-bond donors (Lipinski definition) is 1. The molecule has 1 aliphatic heterocycles. The summed E-state index contributed by atoms with van der Waals surface area (Å²) in [6.07, 6.45) is -0.0725. The molecule has 0 bridgehead atoms. The fraction of sp³-hybridized carbons (Fsp3) is 0.278. The maximum absolute atomic E-state index is 12.8. The molecule has 3 rings (SSSR count). The first-order valence-electron chi connectivity index (χ1n) is 8.25. The van der Waals surface area contributed by atoms with Gasteiger partial charge in [0.05, 0.1) is 13.2 Å². The van der Waals surface area contributed by atoms with Gasteiger partial charge in [0.15, 0.2) is 0 Å². The minimum absolute atomic E-state index is 0.239. The third-order valence-electron chi connectivity index (χ3n) is 4.18. The first-order valence-corrected chi connectivity index (χ1v) is 10.5. The molecule has 27 heavy (non-hydrogen) atoms. The van der Waals surface area contributed by atoms with Crippen molar-refractivity contribution in [1.82, 2.24) is 9.19 Å². The van der Waals surface area contributed by atoms with Gasteiger partial charge in [0.25, 0.3) is 5.91 Å². The molecule has 0 radical (unpaired) electrons. The second-order valence-corrected chi connectivity index (χ2v) is 8.37. The van der Waals surface area contributed by atoms with Crippen LogP contribution in [0.25, 0.3) is 0 Å². The highest BCUT2D eigenvalue weighted by Crippen LogP contribution is 2.35. The maximum Gasteiger partial charge on any atom is 0.326 e. The Hall–Kier alpha value is -1.78. The number of benzene rings is 2. The van der Waals surface area contributed by atoms with Crippen LogP contribution in [0.1, 0.15) is 28.4 Å². The lowest BCUT2D eigenvalue weighted by Gasteiger charge is -2.29. The van der Waals surface area contributed by atoms with Crippen LogP contribution in [0.4, 0.5) is 0 Å². The van der Waals surface area contributed by atoms with Crippen LogP contribution in [-0.4, -0.2) is 38.6 Å². The van der Waals surface area contributed by atoms with E-state index in [9.17, 15) is 13.2 Å². The predicted molar refractivity (Wildman–Crippen MR) is 103 cm³/mol. The molecule has 144 valence electrons. The molecule has 0 saturated carbocycles. The Labute approximate surface area is 166 Å². The third kappa shape index (κ3) is 4.56. The average molecular weight is 455 g/mol. The summed E-state index contributed by atoms with van der Waals surface area (Å²) in [5.41, 5.74) is 1.06. The number of amides is 1. The van der Waals surface area contributed by atoms with Crippen molar-refractivity contribution in [2.24, 2.45) is 0 Å². The van der Waals surface area contributed by atoms with Crippen molar-refractivity contribution in [3.63, 3.8) is 0 Å². The van der Waals surface area contributed by atoms with Gasteiger partial charge in [0.1, 0.15) is 6.10 Å². The zero-order valence-electron chi connectivity index (χ0n) is 14.5. The monoisotopic (exact) mass is 454 g/mol. The minimum Gasteiger partial charge on any atom is -0.372 e. The summed E-state index contributed by atoms with van der Waals surface area (Å²) in [7, 11) is -2.98. The lowest BCUT2D eigenvalue weighted by atomic mass is 10.0. The summed E-state index contributed by atoms with van der Waals surface area (Å²) in [6.45, 7) is 0.379. The number of ether oxygens (including phenoxy) is 1. The van der Waals surface area contributed by atoms with Crippen molar-refractivity contribution >= 4 is 32.0 Å². The van der Waals surface area contributed by atoms with Gasteiger partial charge in [0.2, 0.25) is 0 Å². The van der Waals surface area contributed by atoms with Crippen molar-refractivity contribution in [2.75, 3.05) is 13.7 Å². The topological polar surface area (TPSA) is 84.9 Å². The molecule has 1 N–H and O–H groups in total. The Balaban J connectivity index is 1.83. The van der Waals surface area contributed by atoms with E-state index in [4.69, 9.17) is 9.57 Å². The fourth-order valence-electron chi connectivity index (χ4n) is 3.02. The largest absolute Gasteiger partial charge is 0.372 e. The molecule has 0 aliphatic carbocycles. The summed E-state index contributed by atoms with van der Waals surface area (Å²) in [5, 5.41) is 0. The highest BCUT2D eigenvalue weighted by Gasteiger charge is 2.41. The Bertz CT molecular complexity index is 907. The lowest BCUT2D eigenvalue weighted by Crippen LogP contribution is -2.48. The van der Waals surface area contributed by atoms with Gasteiger partial charge in [-0.05, 0) is 36.2 Å². The van der Waals surface area contributed by atoms with Gasteiger partial charge in [-0.15, -0.1) is 0 Å². The molecule has 1 amide bonds. The molecule has 2 aromatic carbocycles. The summed E-state index contributed by atoms with van der Waals surface area (Å²) in [6, 6.07) is 15.0. The Morgan fingerprint density at radius 3 is 2.63 bits per heavy atom. The predicted octanol–water partition coefficient (Wildman–Crippen LogP) is 2.82. The van der Waals surface area contributed by atoms with E-state index in [2.05, 4.69) is 20.7 Å². The number of nitrogens with zero attached hydrogens (tertiary/aromatic N) is 1. The van der Waals surface area contributed by atoms with Gasteiger partial charge in [0, 0.05) is 16.6 Å². The van der Waals surface area contributed by atoms with Crippen LogP contribution < -0.4 is 4.72 Å². The summed E-state index contributed by atoms with van der Waals surface area (Å²) < 4.78 is 35.0. The minimum atomic E-state index is -4.23. The van der Waals surface area contributed by atoms with E-state index >= 15 is 0 Å². The van der Waals surface area contributed by atoms with Crippen LogP contribution >= 0.6 is 15.9 Å². The standard InChI is InChI=1S/C18H19BrN2O5S/c1-25-21(27(23,24)20-18(22)13-6-3-2-4-7-13)16-10-11-26-17(16)14-8-5-9-15(19)12-14/h2-9,12,16-17H,10-11H2,1H3,(H,20,22). The van der Waals surface area contributed by atoms with Crippen molar-refractivity contribution < 1.29 is 22.8 Å². The highest BCUT2D eigenvalue weighted by atomic mass is 79.9. The first-order chi connectivity index (χ1) is 12.9. The molecule has 1 aliphatic rings. The van der Waals surface area contributed by atoms with Crippen LogP contribution in [-0.2, 0) is 19.8 Å². The molecule has 0 aromatic heterocycles. The zero-order valence-corrected chi connectivity index (χ0v) is 16.9. The number of carbonyl (C=O) groups excluding carboxylic acids is 1. The summed E-state index contributed by atoms with van der Waals surface area (Å²) >= 11 is 3.41. The smallest absolute Gasteiger partial charge is 0.326 e. The van der Waals surface area contributed by atoms with E-state index in [0.29, 0.717) is 13.0 Å². The number of rotatable bonds is 6. The average Bonchev–Trinajstić information content (AvgIpc) is 3.11. The van der Waals surface area contributed by atoms with Gasteiger partial charge in [-0.2, -0.15) is 8.42 Å². The molecule has 2 atom stereocenters. The Morgan fingerprint density at radius 2 is 1.96 bits per heavy atom. The normalized spacial score (nSPS) is 20.0. The molecular formula is C18H19BrN2O5S. The van der Waals surface area contributed by atoms with E-state index in [1.165, 1.54) is 19.2 Å². The van der Waals surface area contributed by atoms with Crippen molar-refractivity contribution in [1.29, 1.82) is 0 Å². The van der Waals surface area contributed by atoms with E-state index in [0.717, 1.165) is 14.5 Å². The number of hydrogen-bond acceptors (Lipinski definition) is 5. The maximum atomic E-state index is 12.8. The highest BCUT2D eigenvalue weighted by molar-refractivity contribution is 9.10. The number of nitrogens with one attached hydrogen (secondary N) is 1. The Morgan fingerprint density at radius 1 is 1.22 bits per heavy atom. The van der Waals surface area contributed by atoms with Crippen LogP contribution in [0, 0.1) is 0 Å². The molecule has 1 fully saturated rings. The van der Waals surface area contributed by atoms with Gasteiger partial charge in [-0.25, -0.2) is 4.72 Å². The number of carbonyl (C=O) groups is 1. The van der Waals surface area contributed by atoms with E-state index in [1.54, 1.807) is 18.2 Å². The molecule has 2 unspecified atom stereocenters. The van der Waals surface area contributed by atoms with Crippen LogP contribution in [0.3, 0.4) is 0 Å². The third-order valence-corrected chi connectivity index (χ3v) is 6.01. The second-order valence-electron chi connectivity index (χ2n) is 5.94. The van der Waals surface area contributed by atoms with Crippen molar-refractivity contribution in [3.8, 4) is 0 Å². The number of hydroxylamine groups is 1. The van der Waals surface area contributed by atoms with Crippen molar-refractivity contribution in [3.05, 3.63) is 70.2 Å². The summed E-state index contributed by atoms with van der Waals surface area (Å²) in [4.78, 5) is 17.4. The van der Waals surface area contributed by atoms with Gasteiger partial charge in [-0.3, -0.25) is 9.63 Å². The van der Waals surface area contributed by atoms with Gasteiger partial charge >= 0.3 is 10.2 Å². The number of halogens is 1. The molecule has 2 aromatic rings. The van der Waals surface area contributed by atoms with Gasteiger partial charge in [-0.1, -0.05) is 50.7 Å². The van der Waals surface area contributed by atoms with E-state index < -0.39 is 28.3 Å². The molecular weight excluding hydrogens is 436 g/mol. The lowest BCUT2D eigenvalue weighted by molar-refractivity contribution is -0.0984. The van der Waals surface area contributed by atoms with E-state index in [1.807, 2.05) is 24.3 Å². The molecule has 7 nitrogen and oxygen atoms in total. The molecule has 1 heterocycles.